The third-order valence-corrected chi connectivity index (χ3v) is 4.72. The van der Waals surface area contributed by atoms with Crippen molar-refractivity contribution >= 4 is 23.3 Å². The van der Waals surface area contributed by atoms with Crippen LogP contribution in [0.15, 0.2) is 5.38 Å². The summed E-state index contributed by atoms with van der Waals surface area (Å²) in [7, 11) is 0. The highest BCUT2D eigenvalue weighted by atomic mass is 32.1. The molecule has 1 aromatic rings. The van der Waals surface area contributed by atoms with E-state index in [1.807, 2.05) is 19.2 Å². The number of aromatic nitrogens is 1. The molecule has 0 radical (unpaired) electrons. The Hall–Kier alpha value is -1.63. The number of carbonyl (C=O) groups is 2. The van der Waals surface area contributed by atoms with Crippen LogP contribution in [0.25, 0.3) is 0 Å². The van der Waals surface area contributed by atoms with Crippen molar-refractivity contribution in [3.8, 4) is 0 Å². The normalized spacial score (nSPS) is 18.5. The highest BCUT2D eigenvalue weighted by Crippen LogP contribution is 2.30. The van der Waals surface area contributed by atoms with E-state index < -0.39 is 17.5 Å². The fraction of sp³-hybridized carbons (Fsp3) is 0.615. The van der Waals surface area contributed by atoms with Gasteiger partial charge in [0.05, 0.1) is 6.04 Å². The Morgan fingerprint density at radius 1 is 1.45 bits per heavy atom. The molecular formula is C13H19N3O3S. The van der Waals surface area contributed by atoms with Crippen molar-refractivity contribution in [2.45, 2.75) is 51.1 Å². The predicted octanol–water partition coefficient (Wildman–Crippen LogP) is 2.21. The Labute approximate surface area is 121 Å². The second-order valence-electron chi connectivity index (χ2n) is 5.24. The van der Waals surface area contributed by atoms with Gasteiger partial charge < -0.3 is 15.7 Å². The second-order valence-corrected chi connectivity index (χ2v) is 6.13. The maximum absolute atomic E-state index is 12.0. The van der Waals surface area contributed by atoms with Crippen LogP contribution in [-0.4, -0.2) is 27.6 Å². The third-order valence-electron chi connectivity index (χ3n) is 3.57. The fourth-order valence-corrected chi connectivity index (χ4v) is 3.26. The first-order valence-electron chi connectivity index (χ1n) is 6.67. The number of thiazole rings is 1. The molecule has 1 aromatic heterocycles. The predicted molar refractivity (Wildman–Crippen MR) is 75.8 cm³/mol. The lowest BCUT2D eigenvalue weighted by atomic mass is 9.98. The number of urea groups is 1. The zero-order chi connectivity index (χ0) is 14.8. The van der Waals surface area contributed by atoms with E-state index in [4.69, 9.17) is 0 Å². The molecule has 0 saturated heterocycles. The Balaban J connectivity index is 1.96. The largest absolute Gasteiger partial charge is 0.480 e. The Morgan fingerprint density at radius 2 is 2.10 bits per heavy atom. The summed E-state index contributed by atoms with van der Waals surface area (Å²) in [5.74, 6) is -0.956. The zero-order valence-electron chi connectivity index (χ0n) is 11.6. The van der Waals surface area contributed by atoms with E-state index in [1.165, 1.54) is 11.3 Å². The number of rotatable bonds is 4. The van der Waals surface area contributed by atoms with Gasteiger partial charge in [-0.15, -0.1) is 11.3 Å². The molecule has 1 aliphatic rings. The zero-order valence-corrected chi connectivity index (χ0v) is 12.4. The highest BCUT2D eigenvalue weighted by Gasteiger charge is 2.42. The van der Waals surface area contributed by atoms with E-state index in [0.717, 1.165) is 23.5 Å². The minimum Gasteiger partial charge on any atom is -0.480 e. The molecule has 3 N–H and O–H groups in total. The van der Waals surface area contributed by atoms with Crippen LogP contribution in [0.2, 0.25) is 0 Å². The first kappa shape index (κ1) is 14.8. The van der Waals surface area contributed by atoms with Crippen LogP contribution in [0.1, 0.15) is 49.4 Å². The third kappa shape index (κ3) is 3.09. The van der Waals surface area contributed by atoms with Crippen LogP contribution in [0.5, 0.6) is 0 Å². The minimum atomic E-state index is -1.11. The summed E-state index contributed by atoms with van der Waals surface area (Å²) in [5, 5.41) is 17.4. The molecule has 6 nitrogen and oxygen atoms in total. The molecule has 0 aromatic carbocycles. The summed E-state index contributed by atoms with van der Waals surface area (Å²) in [5.41, 5.74) is -0.195. The van der Waals surface area contributed by atoms with Gasteiger partial charge in [0.1, 0.15) is 10.5 Å². The average molecular weight is 297 g/mol. The van der Waals surface area contributed by atoms with Gasteiger partial charge in [-0.3, -0.25) is 0 Å². The van der Waals surface area contributed by atoms with E-state index in [-0.39, 0.29) is 6.04 Å². The van der Waals surface area contributed by atoms with Crippen molar-refractivity contribution in [2.75, 3.05) is 0 Å². The molecule has 0 spiro atoms. The van der Waals surface area contributed by atoms with Gasteiger partial charge in [0.15, 0.2) is 0 Å². The van der Waals surface area contributed by atoms with Crippen molar-refractivity contribution in [3.63, 3.8) is 0 Å². The molecule has 2 rings (SSSR count). The Kier molecular flexibility index (Phi) is 4.27. The summed E-state index contributed by atoms with van der Waals surface area (Å²) < 4.78 is 0. The van der Waals surface area contributed by atoms with Crippen LogP contribution < -0.4 is 10.6 Å². The molecule has 110 valence electrons. The maximum Gasteiger partial charge on any atom is 0.329 e. The number of carboxylic acid groups (broad SMARTS) is 1. The highest BCUT2D eigenvalue weighted by molar-refractivity contribution is 7.09. The van der Waals surface area contributed by atoms with Gasteiger partial charge in [0, 0.05) is 11.1 Å². The van der Waals surface area contributed by atoms with Crippen molar-refractivity contribution < 1.29 is 14.7 Å². The first-order valence-corrected chi connectivity index (χ1v) is 7.55. The number of carboxylic acids is 1. The van der Waals surface area contributed by atoms with E-state index in [9.17, 15) is 14.7 Å². The lowest BCUT2D eigenvalue weighted by Gasteiger charge is -2.26. The molecule has 20 heavy (non-hydrogen) atoms. The summed E-state index contributed by atoms with van der Waals surface area (Å²) in [6.07, 6.45) is 2.63. The first-order chi connectivity index (χ1) is 9.43. The number of carbonyl (C=O) groups excluding carboxylic acids is 1. The van der Waals surface area contributed by atoms with Gasteiger partial charge in [-0.25, -0.2) is 14.6 Å². The van der Waals surface area contributed by atoms with Gasteiger partial charge in [-0.2, -0.15) is 0 Å². The maximum atomic E-state index is 12.0. The summed E-state index contributed by atoms with van der Waals surface area (Å²) >= 11 is 1.48. The van der Waals surface area contributed by atoms with Gasteiger partial charge >= 0.3 is 12.0 Å². The number of hydrogen-bond acceptors (Lipinski definition) is 4. The summed E-state index contributed by atoms with van der Waals surface area (Å²) in [6.45, 7) is 3.73. The molecule has 1 saturated carbocycles. The van der Waals surface area contributed by atoms with Crippen molar-refractivity contribution in [1.82, 2.24) is 15.6 Å². The number of nitrogens with zero attached hydrogens (tertiary/aromatic N) is 1. The van der Waals surface area contributed by atoms with E-state index in [2.05, 4.69) is 15.6 Å². The van der Waals surface area contributed by atoms with Gasteiger partial charge in [-0.05, 0) is 26.7 Å². The van der Waals surface area contributed by atoms with Crippen LogP contribution in [0, 0.1) is 6.92 Å². The van der Waals surface area contributed by atoms with Gasteiger partial charge in [0.25, 0.3) is 0 Å². The molecule has 1 aliphatic carbocycles. The van der Waals surface area contributed by atoms with E-state index in [0.29, 0.717) is 12.8 Å². The summed E-state index contributed by atoms with van der Waals surface area (Å²) in [4.78, 5) is 27.7. The average Bonchev–Trinajstić information content (AvgIpc) is 2.98. The molecule has 1 unspecified atom stereocenters. The molecule has 0 bridgehead atoms. The number of aliphatic carboxylic acids is 1. The van der Waals surface area contributed by atoms with E-state index >= 15 is 0 Å². The smallest absolute Gasteiger partial charge is 0.329 e. The van der Waals surface area contributed by atoms with Gasteiger partial charge in [0.2, 0.25) is 0 Å². The SMILES string of the molecule is Cc1csc(C(C)NC(=O)NC2(C(=O)O)CCCC2)n1. The van der Waals surface area contributed by atoms with Crippen LogP contribution in [0.3, 0.4) is 0 Å². The van der Waals surface area contributed by atoms with Crippen molar-refractivity contribution in [1.29, 1.82) is 0 Å². The number of amides is 2. The quantitative estimate of drug-likeness (QED) is 0.794. The van der Waals surface area contributed by atoms with Crippen LogP contribution in [0.4, 0.5) is 4.79 Å². The van der Waals surface area contributed by atoms with Crippen LogP contribution in [-0.2, 0) is 4.79 Å². The molecule has 2 amide bonds. The topological polar surface area (TPSA) is 91.3 Å². The second kappa shape index (κ2) is 5.78. The number of aryl methyl sites for hydroxylation is 1. The molecular weight excluding hydrogens is 278 g/mol. The lowest BCUT2D eigenvalue weighted by Crippen LogP contribution is -2.55. The van der Waals surface area contributed by atoms with Crippen molar-refractivity contribution in [3.05, 3.63) is 16.1 Å². The molecule has 1 atom stereocenters. The van der Waals surface area contributed by atoms with Crippen molar-refractivity contribution in [2.24, 2.45) is 0 Å². The fourth-order valence-electron chi connectivity index (χ4n) is 2.45. The standard InChI is InChI=1S/C13H19N3O3S/c1-8-7-20-10(14-8)9(2)15-12(19)16-13(11(17)18)5-3-4-6-13/h7,9H,3-6H2,1-2H3,(H,17,18)(H2,15,16,19). The number of hydrogen-bond donors (Lipinski definition) is 3. The molecule has 1 fully saturated rings. The Morgan fingerprint density at radius 3 is 2.60 bits per heavy atom. The molecule has 7 heteroatoms. The van der Waals surface area contributed by atoms with Crippen LogP contribution >= 0.6 is 11.3 Å². The Bertz CT molecular complexity index is 509. The molecule has 0 aliphatic heterocycles. The minimum absolute atomic E-state index is 0.235. The monoisotopic (exact) mass is 297 g/mol. The van der Waals surface area contributed by atoms with Gasteiger partial charge in [-0.1, -0.05) is 12.8 Å². The van der Waals surface area contributed by atoms with E-state index in [1.54, 1.807) is 0 Å². The lowest BCUT2D eigenvalue weighted by molar-refractivity contribution is -0.144. The number of nitrogens with one attached hydrogen (secondary N) is 2. The summed E-state index contributed by atoms with van der Waals surface area (Å²) in [6, 6.07) is -0.685. The molecule has 1 heterocycles.